The maximum Gasteiger partial charge on any atom is 0.425 e. The number of aromatic nitrogens is 3. The van der Waals surface area contributed by atoms with Gasteiger partial charge in [0.2, 0.25) is 5.82 Å². The van der Waals surface area contributed by atoms with E-state index in [1.54, 1.807) is 0 Å². The lowest BCUT2D eigenvalue weighted by atomic mass is 10.1. The Morgan fingerprint density at radius 2 is 1.84 bits per heavy atom. The first-order chi connectivity index (χ1) is 14.4. The Balaban J connectivity index is 2.01. The lowest BCUT2D eigenvalue weighted by molar-refractivity contribution is -0.191. The molecular weight excluding hydrogens is 437 g/mol. The molecule has 0 fully saturated rings. The first kappa shape index (κ1) is 22.2. The SMILES string of the molecule is C=Nc1ncc(F)cc1-c1noc(-c2ccc(O[C@@H](C)C(F)(F)F)c(C(F)(F)F)c2)n1. The number of hydrogen-bond acceptors (Lipinski definition) is 6. The van der Waals surface area contributed by atoms with E-state index in [0.29, 0.717) is 19.1 Å². The number of aliphatic imine (C=N–C) groups is 1. The number of alkyl halides is 6. The molecule has 0 saturated carbocycles. The molecule has 31 heavy (non-hydrogen) atoms. The zero-order valence-electron chi connectivity index (χ0n) is 15.4. The fourth-order valence-corrected chi connectivity index (χ4v) is 2.42. The van der Waals surface area contributed by atoms with Gasteiger partial charge in [0, 0.05) is 5.56 Å². The Labute approximate surface area is 169 Å². The van der Waals surface area contributed by atoms with Gasteiger partial charge in [-0.15, -0.1) is 0 Å². The summed E-state index contributed by atoms with van der Waals surface area (Å²) in [6.07, 6.45) is -11.5. The number of rotatable bonds is 5. The molecule has 164 valence electrons. The van der Waals surface area contributed by atoms with Gasteiger partial charge >= 0.3 is 12.4 Å². The molecule has 0 bridgehead atoms. The van der Waals surface area contributed by atoms with Crippen LogP contribution in [0.1, 0.15) is 12.5 Å². The van der Waals surface area contributed by atoms with E-state index in [1.165, 1.54) is 0 Å². The summed E-state index contributed by atoms with van der Waals surface area (Å²) in [6.45, 7) is 3.84. The largest absolute Gasteiger partial charge is 0.481 e. The lowest BCUT2D eigenvalue weighted by Crippen LogP contribution is -2.31. The molecule has 1 aromatic carbocycles. The van der Waals surface area contributed by atoms with E-state index in [4.69, 9.17) is 4.52 Å². The van der Waals surface area contributed by atoms with Gasteiger partial charge in [0.05, 0.1) is 17.3 Å². The smallest absolute Gasteiger partial charge is 0.425 e. The maximum atomic E-state index is 13.5. The second kappa shape index (κ2) is 7.96. The monoisotopic (exact) mass is 448 g/mol. The zero-order chi connectivity index (χ0) is 23.0. The molecule has 1 atom stereocenters. The summed E-state index contributed by atoms with van der Waals surface area (Å²) < 4.78 is 101. The molecule has 0 amide bonds. The van der Waals surface area contributed by atoms with Crippen LogP contribution < -0.4 is 4.74 Å². The fourth-order valence-electron chi connectivity index (χ4n) is 2.42. The average molecular weight is 448 g/mol. The van der Waals surface area contributed by atoms with Crippen molar-refractivity contribution in [3.05, 3.63) is 41.8 Å². The first-order valence-electron chi connectivity index (χ1n) is 8.31. The lowest BCUT2D eigenvalue weighted by Gasteiger charge is -2.20. The molecule has 0 unspecified atom stereocenters. The normalized spacial score (nSPS) is 13.2. The predicted molar refractivity (Wildman–Crippen MR) is 93.3 cm³/mol. The van der Waals surface area contributed by atoms with Crippen LogP contribution in [-0.2, 0) is 6.18 Å². The average Bonchev–Trinajstić information content (AvgIpc) is 3.16. The third-order valence-electron chi connectivity index (χ3n) is 3.95. The fraction of sp³-hybridized carbons (Fsp3) is 0.222. The Morgan fingerprint density at radius 3 is 2.45 bits per heavy atom. The number of halogens is 7. The summed E-state index contributed by atoms with van der Waals surface area (Å²) in [5.41, 5.74) is -1.75. The van der Waals surface area contributed by atoms with E-state index in [1.807, 2.05) is 0 Å². The van der Waals surface area contributed by atoms with E-state index in [-0.39, 0.29) is 22.8 Å². The molecule has 0 spiro atoms. The van der Waals surface area contributed by atoms with Gasteiger partial charge < -0.3 is 9.26 Å². The van der Waals surface area contributed by atoms with Gasteiger partial charge in [-0.05, 0) is 37.9 Å². The number of ether oxygens (including phenoxy) is 1. The second-order valence-corrected chi connectivity index (χ2v) is 6.12. The van der Waals surface area contributed by atoms with Gasteiger partial charge in [-0.2, -0.15) is 31.3 Å². The van der Waals surface area contributed by atoms with Crippen LogP contribution in [-0.4, -0.2) is 34.1 Å². The standard InChI is InChI=1S/C18H11F7N4O2/c1-8(17(20,21)22)30-13-4-3-9(5-12(13)18(23,24)25)16-28-15(29-31-16)11-6-10(19)7-27-14(11)26-2/h3-8H,2H2,1H3/t8-/m0/s1. The maximum absolute atomic E-state index is 13.5. The molecular formula is C18H11F7N4O2. The molecule has 3 aromatic rings. The van der Waals surface area contributed by atoms with Gasteiger partial charge in [0.15, 0.2) is 11.9 Å². The minimum atomic E-state index is -5.04. The van der Waals surface area contributed by atoms with Gasteiger partial charge in [-0.3, -0.25) is 0 Å². The summed E-state index contributed by atoms with van der Waals surface area (Å²) in [6, 6.07) is 3.21. The van der Waals surface area contributed by atoms with E-state index >= 15 is 0 Å². The van der Waals surface area contributed by atoms with Crippen molar-refractivity contribution in [1.29, 1.82) is 0 Å². The number of hydrogen-bond donors (Lipinski definition) is 0. The van der Waals surface area contributed by atoms with E-state index in [9.17, 15) is 30.7 Å². The molecule has 0 radical (unpaired) electrons. The predicted octanol–water partition coefficient (Wildman–Crippen LogP) is 5.62. The Hall–Kier alpha value is -3.51. The Kier molecular flexibility index (Phi) is 5.70. The molecule has 6 nitrogen and oxygen atoms in total. The summed E-state index contributed by atoms with van der Waals surface area (Å²) in [7, 11) is 0. The molecule has 0 aliphatic heterocycles. The van der Waals surface area contributed by atoms with E-state index in [2.05, 4.69) is 31.6 Å². The second-order valence-electron chi connectivity index (χ2n) is 6.12. The molecule has 0 aliphatic carbocycles. The van der Waals surface area contributed by atoms with Crippen molar-refractivity contribution in [2.75, 3.05) is 0 Å². The molecule has 2 heterocycles. The minimum Gasteiger partial charge on any atom is -0.481 e. The van der Waals surface area contributed by atoms with Crippen molar-refractivity contribution >= 4 is 12.5 Å². The quantitative estimate of drug-likeness (QED) is 0.374. The topological polar surface area (TPSA) is 73.4 Å². The van der Waals surface area contributed by atoms with Crippen LogP contribution >= 0.6 is 0 Å². The molecule has 2 aromatic heterocycles. The van der Waals surface area contributed by atoms with E-state index in [0.717, 1.165) is 18.3 Å². The van der Waals surface area contributed by atoms with Gasteiger partial charge in [0.25, 0.3) is 5.89 Å². The summed E-state index contributed by atoms with van der Waals surface area (Å²) in [5.74, 6) is -2.46. The molecule has 13 heteroatoms. The van der Waals surface area contributed by atoms with Crippen LogP contribution in [0.3, 0.4) is 0 Å². The van der Waals surface area contributed by atoms with Crippen molar-refractivity contribution in [3.8, 4) is 28.6 Å². The number of benzene rings is 1. The molecule has 0 saturated heterocycles. The zero-order valence-corrected chi connectivity index (χ0v) is 15.4. The van der Waals surface area contributed by atoms with Gasteiger partial charge in [0.1, 0.15) is 11.6 Å². The highest BCUT2D eigenvalue weighted by Gasteiger charge is 2.41. The minimum absolute atomic E-state index is 0.0278. The summed E-state index contributed by atoms with van der Waals surface area (Å²) in [5, 5.41) is 3.57. The highest BCUT2D eigenvalue weighted by atomic mass is 19.4. The van der Waals surface area contributed by atoms with Gasteiger partial charge in [-0.25, -0.2) is 14.4 Å². The van der Waals surface area contributed by atoms with Crippen molar-refractivity contribution in [2.45, 2.75) is 25.4 Å². The molecule has 0 aliphatic rings. The summed E-state index contributed by atoms with van der Waals surface area (Å²) in [4.78, 5) is 11.1. The van der Waals surface area contributed by atoms with Crippen LogP contribution in [0.25, 0.3) is 22.8 Å². The van der Waals surface area contributed by atoms with Crippen LogP contribution in [0.15, 0.2) is 40.0 Å². The van der Waals surface area contributed by atoms with Crippen molar-refractivity contribution in [1.82, 2.24) is 15.1 Å². The Bertz CT molecular complexity index is 1110. The Morgan fingerprint density at radius 1 is 1.13 bits per heavy atom. The van der Waals surface area contributed by atoms with Crippen LogP contribution in [0.5, 0.6) is 5.75 Å². The highest BCUT2D eigenvalue weighted by molar-refractivity contribution is 5.70. The molecule has 3 rings (SSSR count). The van der Waals surface area contributed by atoms with E-state index < -0.39 is 41.5 Å². The van der Waals surface area contributed by atoms with Crippen LogP contribution in [0, 0.1) is 5.82 Å². The van der Waals surface area contributed by atoms with Crippen LogP contribution in [0.4, 0.5) is 36.6 Å². The van der Waals surface area contributed by atoms with Crippen LogP contribution in [0.2, 0.25) is 0 Å². The van der Waals surface area contributed by atoms with Crippen molar-refractivity contribution in [2.24, 2.45) is 4.99 Å². The third-order valence-corrected chi connectivity index (χ3v) is 3.95. The summed E-state index contributed by atoms with van der Waals surface area (Å²) >= 11 is 0. The van der Waals surface area contributed by atoms with Crippen molar-refractivity contribution < 1.29 is 40.0 Å². The first-order valence-corrected chi connectivity index (χ1v) is 8.31. The molecule has 0 N–H and O–H groups in total. The highest BCUT2D eigenvalue weighted by Crippen LogP contribution is 2.40. The third kappa shape index (κ3) is 4.81. The van der Waals surface area contributed by atoms with Crippen molar-refractivity contribution in [3.63, 3.8) is 0 Å². The number of pyridine rings is 1. The van der Waals surface area contributed by atoms with Gasteiger partial charge in [-0.1, -0.05) is 5.16 Å². The number of nitrogens with zero attached hydrogens (tertiary/aromatic N) is 4.